The number of nitrogens with zero attached hydrogens (tertiary/aromatic N) is 1. The number of likely N-dealkylation sites (tertiary alicyclic amines) is 1. The number of ether oxygens (including phenoxy) is 1. The van der Waals surface area contributed by atoms with E-state index in [-0.39, 0.29) is 12.6 Å². The Labute approximate surface area is 97.6 Å². The molecule has 0 saturated carbocycles. The van der Waals surface area contributed by atoms with E-state index in [2.05, 4.69) is 4.90 Å². The summed E-state index contributed by atoms with van der Waals surface area (Å²) in [5.41, 5.74) is -0.393. The van der Waals surface area contributed by atoms with Gasteiger partial charge in [0.25, 0.3) is 0 Å². The molecule has 0 bridgehead atoms. The molecule has 1 aliphatic rings. The van der Waals surface area contributed by atoms with Gasteiger partial charge in [-0.15, -0.1) is 0 Å². The zero-order valence-electron chi connectivity index (χ0n) is 10.5. The summed E-state index contributed by atoms with van der Waals surface area (Å²) in [6.07, 6.45) is 1.47. The molecule has 94 valence electrons. The van der Waals surface area contributed by atoms with E-state index in [1.54, 1.807) is 0 Å². The number of esters is 1. The summed E-state index contributed by atoms with van der Waals surface area (Å²) in [5, 5.41) is 9.00. The first kappa shape index (κ1) is 13.5. The number of aliphatic hydroxyl groups is 1. The number of hydrogen-bond donors (Lipinski definition) is 1. The Bertz CT molecular complexity index is 235. The lowest BCUT2D eigenvalue weighted by Gasteiger charge is -2.21. The lowest BCUT2D eigenvalue weighted by atomic mass is 10.1. The van der Waals surface area contributed by atoms with Crippen LogP contribution in [0.15, 0.2) is 0 Å². The van der Waals surface area contributed by atoms with Crippen LogP contribution in [-0.4, -0.2) is 47.8 Å². The molecule has 0 radical (unpaired) electrons. The van der Waals surface area contributed by atoms with Gasteiger partial charge in [0.15, 0.2) is 0 Å². The summed E-state index contributed by atoms with van der Waals surface area (Å²) in [6, 6.07) is 0. The number of aliphatic hydroxyl groups excluding tert-OH is 1. The fourth-order valence-corrected chi connectivity index (χ4v) is 1.91. The van der Waals surface area contributed by atoms with Gasteiger partial charge in [-0.25, -0.2) is 0 Å². The molecule has 1 saturated heterocycles. The van der Waals surface area contributed by atoms with Crippen molar-refractivity contribution in [2.24, 2.45) is 5.92 Å². The molecule has 1 fully saturated rings. The van der Waals surface area contributed by atoms with Crippen LogP contribution in [-0.2, 0) is 9.53 Å². The molecular formula is C12H23NO3. The maximum absolute atomic E-state index is 11.5. The number of rotatable bonds is 4. The smallest absolute Gasteiger partial charge is 0.307 e. The number of carbonyl (C=O) groups excluding carboxylic acids is 1. The second kappa shape index (κ2) is 5.64. The molecule has 1 aliphatic heterocycles. The molecule has 1 atom stereocenters. The first-order valence-corrected chi connectivity index (χ1v) is 5.96. The van der Waals surface area contributed by atoms with Crippen LogP contribution < -0.4 is 0 Å². The fourth-order valence-electron chi connectivity index (χ4n) is 1.91. The van der Waals surface area contributed by atoms with Gasteiger partial charge in [-0.1, -0.05) is 0 Å². The highest BCUT2D eigenvalue weighted by Gasteiger charge is 2.23. The highest BCUT2D eigenvalue weighted by molar-refractivity contribution is 5.70. The molecule has 1 heterocycles. The molecule has 16 heavy (non-hydrogen) atoms. The summed E-state index contributed by atoms with van der Waals surface area (Å²) in [4.78, 5) is 13.7. The van der Waals surface area contributed by atoms with E-state index in [1.165, 1.54) is 0 Å². The van der Waals surface area contributed by atoms with E-state index in [0.717, 1.165) is 26.1 Å². The molecule has 0 aromatic rings. The monoisotopic (exact) mass is 229 g/mol. The molecule has 0 amide bonds. The molecule has 1 unspecified atom stereocenters. The summed E-state index contributed by atoms with van der Waals surface area (Å²) >= 11 is 0. The largest absolute Gasteiger partial charge is 0.460 e. The Morgan fingerprint density at radius 2 is 2.19 bits per heavy atom. The fraction of sp³-hybridized carbons (Fsp3) is 0.917. The first-order chi connectivity index (χ1) is 7.40. The van der Waals surface area contributed by atoms with Crippen LogP contribution in [0.3, 0.4) is 0 Å². The zero-order chi connectivity index (χ0) is 12.2. The maximum atomic E-state index is 11.5. The summed E-state index contributed by atoms with van der Waals surface area (Å²) in [6.45, 7) is 8.51. The highest BCUT2D eigenvalue weighted by Crippen LogP contribution is 2.16. The topological polar surface area (TPSA) is 49.8 Å². The second-order valence-corrected chi connectivity index (χ2v) is 5.47. The lowest BCUT2D eigenvalue weighted by molar-refractivity contribution is -0.155. The first-order valence-electron chi connectivity index (χ1n) is 5.96. The van der Waals surface area contributed by atoms with Crippen molar-refractivity contribution in [2.75, 3.05) is 26.2 Å². The standard InChI is InChI=1S/C12H23NO3/c1-12(2,3)16-11(15)5-7-13-6-4-10(8-13)9-14/h10,14H,4-9H2,1-3H3. The van der Waals surface area contributed by atoms with Crippen molar-refractivity contribution >= 4 is 5.97 Å². The molecule has 1 rings (SSSR count). The summed E-state index contributed by atoms with van der Waals surface area (Å²) in [5.74, 6) is 0.249. The molecule has 4 nitrogen and oxygen atoms in total. The minimum atomic E-state index is -0.393. The van der Waals surface area contributed by atoms with Crippen molar-refractivity contribution in [3.05, 3.63) is 0 Å². The van der Waals surface area contributed by atoms with Crippen molar-refractivity contribution in [1.29, 1.82) is 0 Å². The van der Waals surface area contributed by atoms with Crippen LogP contribution in [0.4, 0.5) is 0 Å². The van der Waals surface area contributed by atoms with Gasteiger partial charge in [-0.3, -0.25) is 4.79 Å². The average molecular weight is 229 g/mol. The lowest BCUT2D eigenvalue weighted by Crippen LogP contribution is -2.28. The number of hydrogen-bond acceptors (Lipinski definition) is 4. The van der Waals surface area contributed by atoms with E-state index in [9.17, 15) is 4.79 Å². The Balaban J connectivity index is 2.18. The second-order valence-electron chi connectivity index (χ2n) is 5.47. The van der Waals surface area contributed by atoms with Crippen molar-refractivity contribution in [3.8, 4) is 0 Å². The van der Waals surface area contributed by atoms with E-state index in [1.807, 2.05) is 20.8 Å². The van der Waals surface area contributed by atoms with Crippen molar-refractivity contribution in [1.82, 2.24) is 4.90 Å². The van der Waals surface area contributed by atoms with Gasteiger partial charge < -0.3 is 14.7 Å². The van der Waals surface area contributed by atoms with Crippen LogP contribution >= 0.6 is 0 Å². The van der Waals surface area contributed by atoms with E-state index in [0.29, 0.717) is 12.3 Å². The molecule has 1 N–H and O–H groups in total. The third-order valence-corrected chi connectivity index (χ3v) is 2.68. The van der Waals surface area contributed by atoms with E-state index in [4.69, 9.17) is 9.84 Å². The predicted molar refractivity (Wildman–Crippen MR) is 62.1 cm³/mol. The van der Waals surface area contributed by atoms with Crippen LogP contribution in [0.5, 0.6) is 0 Å². The van der Waals surface area contributed by atoms with Crippen LogP contribution in [0.2, 0.25) is 0 Å². The average Bonchev–Trinajstić information content (AvgIpc) is 2.59. The minimum absolute atomic E-state index is 0.139. The Morgan fingerprint density at radius 1 is 1.50 bits per heavy atom. The third-order valence-electron chi connectivity index (χ3n) is 2.68. The van der Waals surface area contributed by atoms with Crippen LogP contribution in [0, 0.1) is 5.92 Å². The Hall–Kier alpha value is -0.610. The SMILES string of the molecule is CC(C)(C)OC(=O)CCN1CCC(CO)C1. The van der Waals surface area contributed by atoms with Gasteiger partial charge in [0, 0.05) is 19.7 Å². The molecule has 0 aliphatic carbocycles. The zero-order valence-corrected chi connectivity index (χ0v) is 10.5. The third kappa shape index (κ3) is 4.94. The van der Waals surface area contributed by atoms with Gasteiger partial charge in [0.05, 0.1) is 6.42 Å². The van der Waals surface area contributed by atoms with Crippen LogP contribution in [0.25, 0.3) is 0 Å². The number of carbonyl (C=O) groups is 1. The van der Waals surface area contributed by atoms with Crippen LogP contribution in [0.1, 0.15) is 33.6 Å². The molecular weight excluding hydrogens is 206 g/mol. The van der Waals surface area contributed by atoms with Gasteiger partial charge in [0.1, 0.15) is 5.60 Å². The minimum Gasteiger partial charge on any atom is -0.460 e. The molecule has 0 aromatic carbocycles. The van der Waals surface area contributed by atoms with Gasteiger partial charge >= 0.3 is 5.97 Å². The molecule has 0 aromatic heterocycles. The summed E-state index contributed by atoms with van der Waals surface area (Å²) in [7, 11) is 0. The van der Waals surface area contributed by atoms with E-state index >= 15 is 0 Å². The normalized spacial score (nSPS) is 22.4. The van der Waals surface area contributed by atoms with Crippen molar-refractivity contribution < 1.29 is 14.6 Å². The van der Waals surface area contributed by atoms with Gasteiger partial charge in [0.2, 0.25) is 0 Å². The quantitative estimate of drug-likeness (QED) is 0.732. The van der Waals surface area contributed by atoms with Gasteiger partial charge in [-0.05, 0) is 39.7 Å². The predicted octanol–water partition coefficient (Wildman–Crippen LogP) is 1.03. The maximum Gasteiger partial charge on any atom is 0.307 e. The highest BCUT2D eigenvalue weighted by atomic mass is 16.6. The Morgan fingerprint density at radius 3 is 2.69 bits per heavy atom. The van der Waals surface area contributed by atoms with Crippen molar-refractivity contribution in [3.63, 3.8) is 0 Å². The molecule has 0 spiro atoms. The van der Waals surface area contributed by atoms with Crippen molar-refractivity contribution in [2.45, 2.75) is 39.2 Å². The Kier molecular flexibility index (Phi) is 4.74. The molecule has 4 heteroatoms. The van der Waals surface area contributed by atoms with E-state index < -0.39 is 5.60 Å². The summed E-state index contributed by atoms with van der Waals surface area (Å²) < 4.78 is 5.24. The van der Waals surface area contributed by atoms with Gasteiger partial charge in [-0.2, -0.15) is 0 Å².